The Morgan fingerprint density at radius 1 is 1.42 bits per heavy atom. The average Bonchev–Trinajstić information content (AvgIpc) is 2.82. The van der Waals surface area contributed by atoms with Crippen LogP contribution >= 0.6 is 12.4 Å². The van der Waals surface area contributed by atoms with Gasteiger partial charge in [-0.3, -0.25) is 4.79 Å². The minimum absolute atomic E-state index is 0. The lowest BCUT2D eigenvalue weighted by molar-refractivity contribution is -0.140. The Balaban J connectivity index is 0.00000133. The molecule has 2 atom stereocenters. The topological polar surface area (TPSA) is 41.6 Å². The first-order valence-electron chi connectivity index (χ1n) is 6.51. The molecule has 1 unspecified atom stereocenters. The van der Waals surface area contributed by atoms with Crippen LogP contribution in [0.4, 0.5) is 0 Å². The normalized spacial score (nSPS) is 25.2. The smallest absolute Gasteiger partial charge is 0.264 e. The largest absolute Gasteiger partial charge is 0.480 e. The highest BCUT2D eigenvalue weighted by Crippen LogP contribution is 2.29. The molecule has 0 radical (unpaired) electrons. The number of hydrogen-bond donors (Lipinski definition) is 1. The molecule has 19 heavy (non-hydrogen) atoms. The SMILES string of the molecule is C[C@@H]1CNCCN1C(=O)C1Cc2ccccc2O1.Cl. The van der Waals surface area contributed by atoms with Crippen LogP contribution in [0.1, 0.15) is 12.5 Å². The quantitative estimate of drug-likeness (QED) is 0.842. The Labute approximate surface area is 119 Å². The fraction of sp³-hybridized carbons (Fsp3) is 0.500. The van der Waals surface area contributed by atoms with Crippen molar-refractivity contribution >= 4 is 18.3 Å². The minimum atomic E-state index is -0.331. The fourth-order valence-corrected chi connectivity index (χ4v) is 2.67. The van der Waals surface area contributed by atoms with Crippen molar-refractivity contribution in [3.05, 3.63) is 29.8 Å². The molecule has 1 aromatic carbocycles. The Morgan fingerprint density at radius 3 is 2.95 bits per heavy atom. The zero-order chi connectivity index (χ0) is 12.5. The number of carbonyl (C=O) groups excluding carboxylic acids is 1. The second-order valence-corrected chi connectivity index (χ2v) is 5.00. The van der Waals surface area contributed by atoms with Gasteiger partial charge < -0.3 is 15.0 Å². The molecule has 4 nitrogen and oxygen atoms in total. The zero-order valence-corrected chi connectivity index (χ0v) is 11.8. The lowest BCUT2D eigenvalue weighted by Crippen LogP contribution is -2.55. The monoisotopic (exact) mass is 282 g/mol. The van der Waals surface area contributed by atoms with Crippen LogP contribution in [0, 0.1) is 0 Å². The van der Waals surface area contributed by atoms with Gasteiger partial charge in [0, 0.05) is 32.1 Å². The van der Waals surface area contributed by atoms with Crippen molar-refractivity contribution in [1.82, 2.24) is 10.2 Å². The van der Waals surface area contributed by atoms with Gasteiger partial charge in [0.2, 0.25) is 0 Å². The summed E-state index contributed by atoms with van der Waals surface area (Å²) in [5, 5.41) is 3.29. The number of fused-ring (bicyclic) bond motifs is 1. The molecule has 0 saturated carbocycles. The molecule has 0 spiro atoms. The van der Waals surface area contributed by atoms with E-state index in [2.05, 4.69) is 12.2 Å². The van der Waals surface area contributed by atoms with Crippen LogP contribution in [0.25, 0.3) is 0 Å². The molecule has 2 aliphatic heterocycles. The number of piperazine rings is 1. The van der Waals surface area contributed by atoms with E-state index in [1.54, 1.807) is 0 Å². The highest BCUT2D eigenvalue weighted by Gasteiger charge is 2.34. The molecule has 104 valence electrons. The predicted molar refractivity (Wildman–Crippen MR) is 75.9 cm³/mol. The molecule has 2 heterocycles. The van der Waals surface area contributed by atoms with E-state index in [1.165, 1.54) is 0 Å². The summed E-state index contributed by atoms with van der Waals surface area (Å²) in [6.07, 6.45) is 0.369. The van der Waals surface area contributed by atoms with Crippen molar-refractivity contribution in [2.45, 2.75) is 25.5 Å². The number of halogens is 1. The summed E-state index contributed by atoms with van der Waals surface area (Å²) in [6.45, 7) is 4.59. The van der Waals surface area contributed by atoms with E-state index in [1.807, 2.05) is 29.2 Å². The van der Waals surface area contributed by atoms with Crippen LogP contribution in [-0.2, 0) is 11.2 Å². The van der Waals surface area contributed by atoms with Crippen LogP contribution < -0.4 is 10.1 Å². The molecule has 1 amide bonds. The van der Waals surface area contributed by atoms with Crippen molar-refractivity contribution in [3.63, 3.8) is 0 Å². The maximum Gasteiger partial charge on any atom is 0.264 e. The second-order valence-electron chi connectivity index (χ2n) is 5.00. The number of benzene rings is 1. The summed E-state index contributed by atoms with van der Waals surface area (Å²) in [5.41, 5.74) is 1.14. The summed E-state index contributed by atoms with van der Waals surface area (Å²) in [4.78, 5) is 14.4. The third-order valence-corrected chi connectivity index (χ3v) is 3.71. The maximum atomic E-state index is 12.5. The van der Waals surface area contributed by atoms with E-state index in [0.717, 1.165) is 30.9 Å². The van der Waals surface area contributed by atoms with Gasteiger partial charge >= 0.3 is 0 Å². The van der Waals surface area contributed by atoms with Crippen molar-refractivity contribution in [2.75, 3.05) is 19.6 Å². The van der Waals surface area contributed by atoms with Gasteiger partial charge in [0.1, 0.15) is 5.75 Å². The highest BCUT2D eigenvalue weighted by molar-refractivity contribution is 5.85. The first kappa shape index (κ1) is 14.2. The lowest BCUT2D eigenvalue weighted by atomic mass is 10.1. The number of nitrogens with zero attached hydrogens (tertiary/aromatic N) is 1. The van der Waals surface area contributed by atoms with E-state index < -0.39 is 0 Å². The summed E-state index contributed by atoms with van der Waals surface area (Å²) < 4.78 is 5.76. The van der Waals surface area contributed by atoms with Gasteiger partial charge in [-0.1, -0.05) is 18.2 Å². The van der Waals surface area contributed by atoms with E-state index in [4.69, 9.17) is 4.74 Å². The molecule has 1 fully saturated rings. The van der Waals surface area contributed by atoms with Crippen LogP contribution in [0.3, 0.4) is 0 Å². The number of carbonyl (C=O) groups is 1. The van der Waals surface area contributed by atoms with Crippen LogP contribution in [0.15, 0.2) is 24.3 Å². The van der Waals surface area contributed by atoms with E-state index in [-0.39, 0.29) is 30.5 Å². The van der Waals surface area contributed by atoms with Gasteiger partial charge in [-0.05, 0) is 18.6 Å². The van der Waals surface area contributed by atoms with Crippen molar-refractivity contribution in [2.24, 2.45) is 0 Å². The van der Waals surface area contributed by atoms with Gasteiger partial charge in [-0.25, -0.2) is 0 Å². The van der Waals surface area contributed by atoms with Gasteiger partial charge in [0.25, 0.3) is 5.91 Å². The zero-order valence-electron chi connectivity index (χ0n) is 11.0. The molecule has 1 saturated heterocycles. The van der Waals surface area contributed by atoms with E-state index >= 15 is 0 Å². The molecule has 0 aromatic heterocycles. The molecule has 0 bridgehead atoms. The molecular formula is C14H19ClN2O2. The maximum absolute atomic E-state index is 12.5. The Hall–Kier alpha value is -1.26. The van der Waals surface area contributed by atoms with Crippen molar-refractivity contribution < 1.29 is 9.53 Å². The summed E-state index contributed by atoms with van der Waals surface area (Å²) >= 11 is 0. The first-order chi connectivity index (χ1) is 8.75. The van der Waals surface area contributed by atoms with Crippen LogP contribution in [0.5, 0.6) is 5.75 Å². The highest BCUT2D eigenvalue weighted by atomic mass is 35.5. The molecule has 0 aliphatic carbocycles. The summed E-state index contributed by atoms with van der Waals surface area (Å²) in [5.74, 6) is 0.985. The fourth-order valence-electron chi connectivity index (χ4n) is 2.67. The summed E-state index contributed by atoms with van der Waals surface area (Å²) in [6, 6.07) is 8.15. The van der Waals surface area contributed by atoms with E-state index in [0.29, 0.717) is 6.42 Å². The number of ether oxygens (including phenoxy) is 1. The van der Waals surface area contributed by atoms with Crippen molar-refractivity contribution in [1.29, 1.82) is 0 Å². The number of para-hydroxylation sites is 1. The number of rotatable bonds is 1. The third-order valence-electron chi connectivity index (χ3n) is 3.71. The predicted octanol–water partition coefficient (Wildman–Crippen LogP) is 1.23. The standard InChI is InChI=1S/C14H18N2O2.ClH/c1-10-9-15-6-7-16(10)14(17)13-8-11-4-2-3-5-12(11)18-13;/h2-5,10,13,15H,6-9H2,1H3;1H/t10-,13?;/m1./s1. The van der Waals surface area contributed by atoms with Crippen LogP contribution in [0.2, 0.25) is 0 Å². The van der Waals surface area contributed by atoms with E-state index in [9.17, 15) is 4.79 Å². The van der Waals surface area contributed by atoms with Crippen molar-refractivity contribution in [3.8, 4) is 5.75 Å². The number of nitrogens with one attached hydrogen (secondary N) is 1. The lowest BCUT2D eigenvalue weighted by Gasteiger charge is -2.35. The molecule has 2 aliphatic rings. The minimum Gasteiger partial charge on any atom is -0.480 e. The Kier molecular flexibility index (Phi) is 4.32. The summed E-state index contributed by atoms with van der Waals surface area (Å²) in [7, 11) is 0. The van der Waals surface area contributed by atoms with Gasteiger partial charge in [0.05, 0.1) is 0 Å². The van der Waals surface area contributed by atoms with Gasteiger partial charge in [-0.15, -0.1) is 12.4 Å². The number of amides is 1. The van der Waals surface area contributed by atoms with Gasteiger partial charge in [0.15, 0.2) is 6.10 Å². The molecule has 3 rings (SSSR count). The molecule has 5 heteroatoms. The van der Waals surface area contributed by atoms with Crippen LogP contribution in [-0.4, -0.2) is 42.6 Å². The third kappa shape index (κ3) is 2.69. The number of hydrogen-bond acceptors (Lipinski definition) is 3. The van der Waals surface area contributed by atoms with Gasteiger partial charge in [-0.2, -0.15) is 0 Å². The second kappa shape index (κ2) is 5.80. The molecular weight excluding hydrogens is 264 g/mol. The molecule has 1 aromatic rings. The Morgan fingerprint density at radius 2 is 2.21 bits per heavy atom. The molecule has 1 N–H and O–H groups in total. The Bertz CT molecular complexity index is 442. The average molecular weight is 283 g/mol. The first-order valence-corrected chi connectivity index (χ1v) is 6.51.